The number of sulfonamides is 1. The zero-order valence-corrected chi connectivity index (χ0v) is 15.9. The topological polar surface area (TPSA) is 64.2 Å². The van der Waals surface area contributed by atoms with Gasteiger partial charge in [0, 0.05) is 31.7 Å². The zero-order chi connectivity index (χ0) is 17.5. The van der Waals surface area contributed by atoms with Crippen LogP contribution < -0.4 is 0 Å². The van der Waals surface area contributed by atoms with E-state index < -0.39 is 16.1 Å². The van der Waals surface area contributed by atoms with Crippen molar-refractivity contribution in [3.63, 3.8) is 0 Å². The van der Waals surface area contributed by atoms with E-state index in [4.69, 9.17) is 0 Å². The zero-order valence-electron chi connectivity index (χ0n) is 15.1. The van der Waals surface area contributed by atoms with Gasteiger partial charge in [-0.05, 0) is 52.9 Å². The minimum atomic E-state index is -3.32. The predicted molar refractivity (Wildman–Crippen MR) is 93.2 cm³/mol. The molecule has 1 atom stereocenters. The van der Waals surface area contributed by atoms with E-state index in [2.05, 4.69) is 23.9 Å². The van der Waals surface area contributed by atoms with Crippen molar-refractivity contribution in [1.29, 1.82) is 0 Å². The molecule has 138 valence electrons. The van der Waals surface area contributed by atoms with Gasteiger partial charge in [-0.1, -0.05) is 0 Å². The van der Waals surface area contributed by atoms with E-state index >= 15 is 0 Å². The number of nitrogens with zero attached hydrogens (tertiary/aromatic N) is 4. The molecule has 3 aliphatic rings. The molecule has 0 saturated carbocycles. The van der Waals surface area contributed by atoms with Gasteiger partial charge >= 0.3 is 0 Å². The van der Waals surface area contributed by atoms with Gasteiger partial charge in [0.05, 0.1) is 6.26 Å². The number of rotatable bonds is 2. The summed E-state index contributed by atoms with van der Waals surface area (Å²) in [6.07, 6.45) is 4.75. The highest BCUT2D eigenvalue weighted by Crippen LogP contribution is 2.32. The molecule has 3 saturated heterocycles. The molecule has 0 aromatic heterocycles. The summed E-state index contributed by atoms with van der Waals surface area (Å²) in [4.78, 5) is 19.7. The molecule has 1 amide bonds. The highest BCUT2D eigenvalue weighted by molar-refractivity contribution is 7.88. The van der Waals surface area contributed by atoms with Crippen LogP contribution >= 0.6 is 0 Å². The van der Waals surface area contributed by atoms with E-state index in [-0.39, 0.29) is 11.4 Å². The van der Waals surface area contributed by atoms with E-state index in [1.54, 1.807) is 0 Å². The molecular weight excluding hydrogens is 328 g/mol. The second kappa shape index (κ2) is 6.55. The Bertz CT molecular complexity index is 586. The fourth-order valence-corrected chi connectivity index (χ4v) is 5.54. The van der Waals surface area contributed by atoms with Crippen LogP contribution in [0.2, 0.25) is 0 Å². The first kappa shape index (κ1) is 18.1. The molecule has 3 rings (SSSR count). The van der Waals surface area contributed by atoms with Gasteiger partial charge in [-0.3, -0.25) is 9.69 Å². The number of piperazine rings is 1. The number of carbonyl (C=O) groups excluding carboxylic acids is 1. The molecule has 0 bridgehead atoms. The van der Waals surface area contributed by atoms with Crippen LogP contribution in [0.15, 0.2) is 0 Å². The van der Waals surface area contributed by atoms with Crippen LogP contribution in [0.25, 0.3) is 0 Å². The maximum Gasteiger partial charge on any atom is 0.241 e. The summed E-state index contributed by atoms with van der Waals surface area (Å²) in [5.41, 5.74) is 0.0505. The summed E-state index contributed by atoms with van der Waals surface area (Å²) in [6.45, 7) is 4.85. The van der Waals surface area contributed by atoms with Gasteiger partial charge in [-0.2, -0.15) is 4.31 Å². The number of carbonyl (C=O) groups is 1. The van der Waals surface area contributed by atoms with Gasteiger partial charge in [-0.25, -0.2) is 8.42 Å². The second-order valence-electron chi connectivity index (χ2n) is 7.74. The molecule has 3 aliphatic heterocycles. The van der Waals surface area contributed by atoms with Crippen molar-refractivity contribution in [2.45, 2.75) is 37.3 Å². The van der Waals surface area contributed by atoms with Crippen LogP contribution in [0.1, 0.15) is 25.7 Å². The Labute approximate surface area is 145 Å². The van der Waals surface area contributed by atoms with Crippen molar-refractivity contribution in [3.8, 4) is 0 Å². The molecule has 0 aliphatic carbocycles. The van der Waals surface area contributed by atoms with E-state index in [1.165, 1.54) is 10.6 Å². The van der Waals surface area contributed by atoms with Crippen molar-refractivity contribution in [1.82, 2.24) is 19.0 Å². The molecule has 3 heterocycles. The average Bonchev–Trinajstić information content (AvgIpc) is 3.02. The Morgan fingerprint density at radius 2 is 1.71 bits per heavy atom. The molecule has 0 aromatic rings. The van der Waals surface area contributed by atoms with Gasteiger partial charge in [0.15, 0.2) is 0 Å². The first-order valence-corrected chi connectivity index (χ1v) is 10.7. The third-order valence-electron chi connectivity index (χ3n) is 6.14. The van der Waals surface area contributed by atoms with Crippen LogP contribution in [0, 0.1) is 0 Å². The maximum absolute atomic E-state index is 13.0. The van der Waals surface area contributed by atoms with Gasteiger partial charge < -0.3 is 9.80 Å². The molecule has 1 unspecified atom stereocenters. The Balaban J connectivity index is 1.74. The number of hydrogen-bond donors (Lipinski definition) is 0. The molecule has 0 radical (unpaired) electrons. The standard InChI is InChI=1S/C16H30N4O3S/c1-17-9-6-16(7-10-17)13-19(12-11-18(16)2)15(21)14-5-4-8-20(14)24(3,22)23/h14H,4-13H2,1-3H3. The predicted octanol–water partition coefficient (Wildman–Crippen LogP) is -0.351. The van der Waals surface area contributed by atoms with E-state index in [1.807, 2.05) is 4.90 Å². The highest BCUT2D eigenvalue weighted by atomic mass is 32.2. The monoisotopic (exact) mass is 358 g/mol. The van der Waals surface area contributed by atoms with Crippen LogP contribution in [-0.2, 0) is 14.8 Å². The van der Waals surface area contributed by atoms with Crippen LogP contribution in [-0.4, -0.2) is 105 Å². The SMILES string of the molecule is CN1CCC2(CC1)CN(C(=O)C1CCCN1S(C)(=O)=O)CCN2C. The fourth-order valence-electron chi connectivity index (χ4n) is 4.42. The summed E-state index contributed by atoms with van der Waals surface area (Å²) in [6, 6.07) is -0.494. The lowest BCUT2D eigenvalue weighted by molar-refractivity contribution is -0.141. The minimum Gasteiger partial charge on any atom is -0.338 e. The van der Waals surface area contributed by atoms with Gasteiger partial charge in [0.2, 0.25) is 15.9 Å². The number of hydrogen-bond acceptors (Lipinski definition) is 5. The lowest BCUT2D eigenvalue weighted by Gasteiger charge is -2.53. The summed E-state index contributed by atoms with van der Waals surface area (Å²) < 4.78 is 25.3. The smallest absolute Gasteiger partial charge is 0.241 e. The Morgan fingerprint density at radius 3 is 2.33 bits per heavy atom. The first-order valence-electron chi connectivity index (χ1n) is 8.88. The summed E-state index contributed by atoms with van der Waals surface area (Å²) >= 11 is 0. The largest absolute Gasteiger partial charge is 0.338 e. The molecule has 3 fully saturated rings. The highest BCUT2D eigenvalue weighted by Gasteiger charge is 2.45. The molecule has 7 nitrogen and oxygen atoms in total. The lowest BCUT2D eigenvalue weighted by Crippen LogP contribution is -2.66. The third-order valence-corrected chi connectivity index (χ3v) is 7.43. The lowest BCUT2D eigenvalue weighted by atomic mass is 9.83. The maximum atomic E-state index is 13.0. The average molecular weight is 359 g/mol. The third kappa shape index (κ3) is 3.34. The van der Waals surface area contributed by atoms with Crippen molar-refractivity contribution in [2.75, 3.05) is 59.6 Å². The number of amides is 1. The molecule has 0 aromatic carbocycles. The molecule has 1 spiro atoms. The first-order chi connectivity index (χ1) is 11.2. The molecule has 8 heteroatoms. The summed E-state index contributed by atoms with van der Waals surface area (Å²) in [5, 5.41) is 0. The van der Waals surface area contributed by atoms with Crippen molar-refractivity contribution < 1.29 is 13.2 Å². The van der Waals surface area contributed by atoms with E-state index in [9.17, 15) is 13.2 Å². The van der Waals surface area contributed by atoms with Crippen LogP contribution in [0.3, 0.4) is 0 Å². The second-order valence-corrected chi connectivity index (χ2v) is 9.68. The normalized spacial score (nSPS) is 30.1. The van der Waals surface area contributed by atoms with E-state index in [0.29, 0.717) is 19.5 Å². The number of likely N-dealkylation sites (N-methyl/N-ethyl adjacent to an activating group) is 1. The quantitative estimate of drug-likeness (QED) is 0.675. The Morgan fingerprint density at radius 1 is 1.04 bits per heavy atom. The number of likely N-dealkylation sites (tertiary alicyclic amines) is 1. The Hall–Kier alpha value is -0.700. The van der Waals surface area contributed by atoms with Crippen LogP contribution in [0.4, 0.5) is 0 Å². The van der Waals surface area contributed by atoms with E-state index in [0.717, 1.165) is 45.4 Å². The van der Waals surface area contributed by atoms with Crippen LogP contribution in [0.5, 0.6) is 0 Å². The van der Waals surface area contributed by atoms with Gasteiger partial charge in [0.25, 0.3) is 0 Å². The molecule has 0 N–H and O–H groups in total. The summed E-state index contributed by atoms with van der Waals surface area (Å²) in [7, 11) is 0.980. The number of piperidine rings is 1. The van der Waals surface area contributed by atoms with Gasteiger partial charge in [0.1, 0.15) is 6.04 Å². The van der Waals surface area contributed by atoms with Gasteiger partial charge in [-0.15, -0.1) is 0 Å². The van der Waals surface area contributed by atoms with Crippen molar-refractivity contribution in [2.24, 2.45) is 0 Å². The minimum absolute atomic E-state index is 0.00401. The fraction of sp³-hybridized carbons (Fsp3) is 0.938. The Kier molecular flexibility index (Phi) is 4.94. The summed E-state index contributed by atoms with van der Waals surface area (Å²) in [5.74, 6) is 0.00401. The van der Waals surface area contributed by atoms with Crippen molar-refractivity contribution in [3.05, 3.63) is 0 Å². The molecular formula is C16H30N4O3S. The molecule has 24 heavy (non-hydrogen) atoms. The van der Waals surface area contributed by atoms with Crippen molar-refractivity contribution >= 4 is 15.9 Å².